The molecule has 0 radical (unpaired) electrons. The normalized spacial score (nSPS) is 13.6. The first-order valence-electron chi connectivity index (χ1n) is 8.00. The maximum Gasteiger partial charge on any atom is 0.261 e. The summed E-state index contributed by atoms with van der Waals surface area (Å²) in [5, 5.41) is 11.3. The van der Waals surface area contributed by atoms with E-state index >= 15 is 0 Å². The molecule has 8 heteroatoms. The lowest BCUT2D eigenvalue weighted by atomic mass is 10.1. The Labute approximate surface area is 145 Å². The molecule has 1 aliphatic rings. The van der Waals surface area contributed by atoms with Crippen LogP contribution in [0.15, 0.2) is 47.4 Å². The standard InChI is InChI=1S/C17H17N5O2S/c1-22-17(18-20-21-22)14-6-3-7-15(10-14)19-25(23,24)16-9-8-12-4-2-5-13(12)11-16/h3,6-11,19H,2,4-5H2,1H3. The third kappa shape index (κ3) is 3.00. The minimum atomic E-state index is -3.64. The third-order valence-electron chi connectivity index (χ3n) is 4.37. The van der Waals surface area contributed by atoms with E-state index in [1.807, 2.05) is 12.1 Å². The molecule has 25 heavy (non-hydrogen) atoms. The zero-order chi connectivity index (χ0) is 17.4. The first-order chi connectivity index (χ1) is 12.0. The Morgan fingerprint density at radius 3 is 2.72 bits per heavy atom. The Bertz CT molecular complexity index is 1040. The highest BCUT2D eigenvalue weighted by Gasteiger charge is 2.19. The molecule has 0 atom stereocenters. The second-order valence-corrected chi connectivity index (χ2v) is 7.78. The van der Waals surface area contributed by atoms with Gasteiger partial charge in [0, 0.05) is 18.3 Å². The van der Waals surface area contributed by atoms with E-state index in [2.05, 4.69) is 20.2 Å². The molecule has 1 heterocycles. The quantitative estimate of drug-likeness (QED) is 0.775. The topological polar surface area (TPSA) is 89.8 Å². The van der Waals surface area contributed by atoms with Crippen LogP contribution in [0.2, 0.25) is 0 Å². The predicted molar refractivity (Wildman–Crippen MR) is 93.5 cm³/mol. The van der Waals surface area contributed by atoms with Crippen LogP contribution in [0.5, 0.6) is 0 Å². The van der Waals surface area contributed by atoms with Gasteiger partial charge in [0.25, 0.3) is 10.0 Å². The van der Waals surface area contributed by atoms with Crippen LogP contribution in [0.3, 0.4) is 0 Å². The van der Waals surface area contributed by atoms with Gasteiger partial charge in [-0.3, -0.25) is 4.72 Å². The molecule has 0 saturated carbocycles. The van der Waals surface area contributed by atoms with Crippen molar-refractivity contribution in [2.45, 2.75) is 24.2 Å². The average molecular weight is 355 g/mol. The van der Waals surface area contributed by atoms with Crippen LogP contribution >= 0.6 is 0 Å². The molecule has 1 aliphatic carbocycles. The number of anilines is 1. The second-order valence-electron chi connectivity index (χ2n) is 6.10. The molecule has 4 rings (SSSR count). The van der Waals surface area contributed by atoms with Gasteiger partial charge in [0.05, 0.1) is 4.90 Å². The van der Waals surface area contributed by atoms with Gasteiger partial charge < -0.3 is 0 Å². The van der Waals surface area contributed by atoms with Gasteiger partial charge >= 0.3 is 0 Å². The van der Waals surface area contributed by atoms with Crippen molar-refractivity contribution in [3.05, 3.63) is 53.6 Å². The summed E-state index contributed by atoms with van der Waals surface area (Å²) in [7, 11) is -1.91. The lowest BCUT2D eigenvalue weighted by Gasteiger charge is -2.10. The fourth-order valence-electron chi connectivity index (χ4n) is 3.13. The molecular weight excluding hydrogens is 338 g/mol. The molecule has 0 spiro atoms. The van der Waals surface area contributed by atoms with Crippen molar-refractivity contribution in [2.24, 2.45) is 7.05 Å². The lowest BCUT2D eigenvalue weighted by Crippen LogP contribution is -2.13. The first-order valence-corrected chi connectivity index (χ1v) is 9.49. The highest BCUT2D eigenvalue weighted by atomic mass is 32.2. The third-order valence-corrected chi connectivity index (χ3v) is 5.75. The molecule has 0 aliphatic heterocycles. The number of aromatic nitrogens is 4. The summed E-state index contributed by atoms with van der Waals surface area (Å²) in [6.07, 6.45) is 3.05. The molecule has 128 valence electrons. The number of hydrogen-bond acceptors (Lipinski definition) is 5. The number of hydrogen-bond donors (Lipinski definition) is 1. The number of rotatable bonds is 4. The van der Waals surface area contributed by atoms with Crippen LogP contribution in [-0.4, -0.2) is 28.6 Å². The second kappa shape index (κ2) is 5.96. The van der Waals surface area contributed by atoms with E-state index in [0.29, 0.717) is 16.4 Å². The predicted octanol–water partition coefficient (Wildman–Crippen LogP) is 2.17. The maximum atomic E-state index is 12.7. The highest BCUT2D eigenvalue weighted by Crippen LogP contribution is 2.26. The number of nitrogens with one attached hydrogen (secondary N) is 1. The van der Waals surface area contributed by atoms with E-state index in [9.17, 15) is 8.42 Å². The van der Waals surface area contributed by atoms with Crippen molar-refractivity contribution in [3.63, 3.8) is 0 Å². The molecule has 0 fully saturated rings. The summed E-state index contributed by atoms with van der Waals surface area (Å²) in [5.74, 6) is 0.568. The molecule has 0 saturated heterocycles. The zero-order valence-electron chi connectivity index (χ0n) is 13.7. The minimum absolute atomic E-state index is 0.291. The molecule has 0 amide bonds. The number of sulfonamides is 1. The van der Waals surface area contributed by atoms with Gasteiger partial charge in [0.2, 0.25) is 0 Å². The number of nitrogens with zero attached hydrogens (tertiary/aromatic N) is 4. The van der Waals surface area contributed by atoms with Crippen molar-refractivity contribution in [3.8, 4) is 11.4 Å². The Morgan fingerprint density at radius 1 is 1.08 bits per heavy atom. The van der Waals surface area contributed by atoms with Crippen LogP contribution in [0.4, 0.5) is 5.69 Å². The van der Waals surface area contributed by atoms with Crippen molar-refractivity contribution < 1.29 is 8.42 Å². The molecule has 7 nitrogen and oxygen atoms in total. The van der Waals surface area contributed by atoms with Crippen molar-refractivity contribution >= 4 is 15.7 Å². The number of fused-ring (bicyclic) bond motifs is 1. The molecule has 1 N–H and O–H groups in total. The van der Waals surface area contributed by atoms with Crippen molar-refractivity contribution in [1.82, 2.24) is 20.2 Å². The fraction of sp³-hybridized carbons (Fsp3) is 0.235. The molecule has 0 bridgehead atoms. The van der Waals surface area contributed by atoms with E-state index in [4.69, 9.17) is 0 Å². The van der Waals surface area contributed by atoms with Crippen LogP contribution in [0, 0.1) is 0 Å². The van der Waals surface area contributed by atoms with E-state index in [1.54, 1.807) is 37.4 Å². The number of benzene rings is 2. The number of aryl methyl sites for hydroxylation is 3. The largest absolute Gasteiger partial charge is 0.280 e. The van der Waals surface area contributed by atoms with Gasteiger partial charge in [-0.1, -0.05) is 18.2 Å². The molecular formula is C17H17N5O2S. The van der Waals surface area contributed by atoms with Gasteiger partial charge in [-0.25, -0.2) is 13.1 Å². The number of tetrazole rings is 1. The van der Waals surface area contributed by atoms with Gasteiger partial charge in [0.1, 0.15) is 0 Å². The van der Waals surface area contributed by atoms with Crippen LogP contribution < -0.4 is 4.72 Å². The van der Waals surface area contributed by atoms with Gasteiger partial charge in [0.15, 0.2) is 5.82 Å². The summed E-state index contributed by atoms with van der Waals surface area (Å²) in [4.78, 5) is 0.291. The molecule has 0 unspecified atom stereocenters. The summed E-state index contributed by atoms with van der Waals surface area (Å²) in [5.41, 5.74) is 3.58. The Hall–Kier alpha value is -2.74. The lowest BCUT2D eigenvalue weighted by molar-refractivity contribution is 0.601. The molecule has 3 aromatic rings. The maximum absolute atomic E-state index is 12.7. The van der Waals surface area contributed by atoms with Crippen molar-refractivity contribution in [2.75, 3.05) is 4.72 Å². The monoisotopic (exact) mass is 355 g/mol. The summed E-state index contributed by atoms with van der Waals surface area (Å²) in [6.45, 7) is 0. The van der Waals surface area contributed by atoms with Crippen molar-refractivity contribution in [1.29, 1.82) is 0 Å². The van der Waals surface area contributed by atoms with E-state index in [1.165, 1.54) is 10.2 Å². The highest BCUT2D eigenvalue weighted by molar-refractivity contribution is 7.92. The fourth-order valence-corrected chi connectivity index (χ4v) is 4.22. The zero-order valence-corrected chi connectivity index (χ0v) is 14.5. The average Bonchev–Trinajstić information content (AvgIpc) is 3.22. The Morgan fingerprint density at radius 2 is 1.92 bits per heavy atom. The van der Waals surface area contributed by atoms with Gasteiger partial charge in [-0.2, -0.15) is 0 Å². The van der Waals surface area contributed by atoms with E-state index < -0.39 is 10.0 Å². The molecule has 1 aromatic heterocycles. The summed E-state index contributed by atoms with van der Waals surface area (Å²) in [6, 6.07) is 12.4. The summed E-state index contributed by atoms with van der Waals surface area (Å²) >= 11 is 0. The Kier molecular flexibility index (Phi) is 3.76. The smallest absolute Gasteiger partial charge is 0.261 e. The SMILES string of the molecule is Cn1nnnc1-c1cccc(NS(=O)(=O)c2ccc3c(c2)CCC3)c1. The van der Waals surface area contributed by atoms with Crippen LogP contribution in [0.25, 0.3) is 11.4 Å². The molecule has 2 aromatic carbocycles. The van der Waals surface area contributed by atoms with Gasteiger partial charge in [-0.05, 0) is 65.1 Å². The minimum Gasteiger partial charge on any atom is -0.280 e. The van der Waals surface area contributed by atoms with E-state index in [0.717, 1.165) is 30.4 Å². The van der Waals surface area contributed by atoms with Crippen LogP contribution in [0.1, 0.15) is 17.5 Å². The van der Waals surface area contributed by atoms with E-state index in [-0.39, 0.29) is 0 Å². The van der Waals surface area contributed by atoms with Crippen LogP contribution in [-0.2, 0) is 29.9 Å². The summed E-state index contributed by atoms with van der Waals surface area (Å²) < 4.78 is 29.6. The Balaban J connectivity index is 1.64. The van der Waals surface area contributed by atoms with Gasteiger partial charge in [-0.15, -0.1) is 5.10 Å². The first kappa shape index (κ1) is 15.8.